The lowest BCUT2D eigenvalue weighted by Gasteiger charge is -2.05. The minimum atomic E-state index is -3.96. The molecule has 118 valence electrons. The third-order valence-corrected chi connectivity index (χ3v) is 4.47. The maximum absolute atomic E-state index is 13.6. The highest BCUT2D eigenvalue weighted by Crippen LogP contribution is 2.13. The highest BCUT2D eigenvalue weighted by atomic mass is 32.2. The molecule has 0 saturated heterocycles. The van der Waals surface area contributed by atoms with E-state index in [1.54, 1.807) is 30.7 Å². The van der Waals surface area contributed by atoms with Crippen molar-refractivity contribution in [2.75, 3.05) is 0 Å². The molecule has 0 aliphatic heterocycles. The number of sulfonamides is 1. The molecular formula is C14H12FN5O2S. The Labute approximate surface area is 131 Å². The zero-order valence-electron chi connectivity index (χ0n) is 11.8. The first kappa shape index (κ1) is 15.3. The van der Waals surface area contributed by atoms with Crippen LogP contribution in [0.15, 0.2) is 59.9 Å². The van der Waals surface area contributed by atoms with E-state index in [2.05, 4.69) is 20.0 Å². The van der Waals surface area contributed by atoms with Crippen molar-refractivity contribution in [3.05, 3.63) is 66.5 Å². The quantitative estimate of drug-likeness (QED) is 0.760. The first-order chi connectivity index (χ1) is 11.1. The van der Waals surface area contributed by atoms with E-state index < -0.39 is 20.7 Å². The maximum Gasteiger partial charge on any atom is 0.243 e. The monoisotopic (exact) mass is 333 g/mol. The summed E-state index contributed by atoms with van der Waals surface area (Å²) in [5.74, 6) is -0.805. The molecule has 1 N–H and O–H groups in total. The van der Waals surface area contributed by atoms with Crippen molar-refractivity contribution in [2.24, 2.45) is 0 Å². The van der Waals surface area contributed by atoms with Crippen molar-refractivity contribution >= 4 is 10.0 Å². The van der Waals surface area contributed by atoms with Gasteiger partial charge >= 0.3 is 0 Å². The lowest BCUT2D eigenvalue weighted by Crippen LogP contribution is -2.24. The standard InChI is InChI=1S/C14H12FN5O2S/c15-13-3-1-2-4-14(13)23(21,22)17-9-11-10-20(19-18-11)12-5-7-16-8-6-12/h1-8,10,17H,9H2. The molecule has 1 aromatic carbocycles. The lowest BCUT2D eigenvalue weighted by molar-refractivity contribution is 0.556. The van der Waals surface area contributed by atoms with Gasteiger partial charge in [-0.15, -0.1) is 5.10 Å². The van der Waals surface area contributed by atoms with E-state index in [9.17, 15) is 12.8 Å². The lowest BCUT2D eigenvalue weighted by atomic mass is 10.4. The van der Waals surface area contributed by atoms with Gasteiger partial charge in [0.1, 0.15) is 10.7 Å². The van der Waals surface area contributed by atoms with E-state index in [-0.39, 0.29) is 6.54 Å². The largest absolute Gasteiger partial charge is 0.265 e. The van der Waals surface area contributed by atoms with Gasteiger partial charge in [0.15, 0.2) is 0 Å². The van der Waals surface area contributed by atoms with Crippen molar-refractivity contribution in [1.29, 1.82) is 0 Å². The van der Waals surface area contributed by atoms with Crippen LogP contribution in [0.1, 0.15) is 5.69 Å². The Kier molecular flexibility index (Phi) is 4.13. The molecule has 0 aliphatic carbocycles. The third kappa shape index (κ3) is 3.41. The summed E-state index contributed by atoms with van der Waals surface area (Å²) in [5.41, 5.74) is 1.15. The predicted octanol–water partition coefficient (Wildman–Crippen LogP) is 1.28. The Morgan fingerprint density at radius 2 is 1.87 bits per heavy atom. The Morgan fingerprint density at radius 3 is 2.61 bits per heavy atom. The fourth-order valence-corrected chi connectivity index (χ4v) is 2.99. The molecule has 0 aliphatic rings. The topological polar surface area (TPSA) is 89.8 Å². The number of nitrogens with zero attached hydrogens (tertiary/aromatic N) is 4. The summed E-state index contributed by atoms with van der Waals surface area (Å²) >= 11 is 0. The van der Waals surface area contributed by atoms with E-state index in [0.717, 1.165) is 11.8 Å². The predicted molar refractivity (Wildman–Crippen MR) is 79.6 cm³/mol. The smallest absolute Gasteiger partial charge is 0.243 e. The minimum absolute atomic E-state index is 0.0955. The van der Waals surface area contributed by atoms with Crippen LogP contribution in [0.4, 0.5) is 4.39 Å². The van der Waals surface area contributed by atoms with Gasteiger partial charge in [0.25, 0.3) is 0 Å². The maximum atomic E-state index is 13.6. The van der Waals surface area contributed by atoms with Crippen LogP contribution in [-0.2, 0) is 16.6 Å². The van der Waals surface area contributed by atoms with Gasteiger partial charge in [0.05, 0.1) is 24.1 Å². The fraction of sp³-hybridized carbons (Fsp3) is 0.0714. The van der Waals surface area contributed by atoms with Gasteiger partial charge in [-0.25, -0.2) is 22.2 Å². The number of nitrogens with one attached hydrogen (secondary N) is 1. The van der Waals surface area contributed by atoms with Crippen LogP contribution in [0.2, 0.25) is 0 Å². The molecule has 7 nitrogen and oxygen atoms in total. The van der Waals surface area contributed by atoms with Gasteiger partial charge in [0.2, 0.25) is 10.0 Å². The second-order valence-corrected chi connectivity index (χ2v) is 6.35. The second-order valence-electron chi connectivity index (χ2n) is 4.61. The average Bonchev–Trinajstić information content (AvgIpc) is 3.03. The first-order valence-corrected chi connectivity index (χ1v) is 8.10. The van der Waals surface area contributed by atoms with Crippen LogP contribution in [0.5, 0.6) is 0 Å². The molecule has 0 saturated carbocycles. The molecule has 0 unspecified atom stereocenters. The molecule has 2 heterocycles. The van der Waals surface area contributed by atoms with Crippen molar-refractivity contribution < 1.29 is 12.8 Å². The summed E-state index contributed by atoms with van der Waals surface area (Å²) in [6.07, 6.45) is 4.80. The molecule has 0 atom stereocenters. The van der Waals surface area contributed by atoms with Crippen molar-refractivity contribution in [3.63, 3.8) is 0 Å². The summed E-state index contributed by atoms with van der Waals surface area (Å²) in [6.45, 7) is -0.0955. The van der Waals surface area contributed by atoms with Crippen molar-refractivity contribution in [3.8, 4) is 5.69 Å². The van der Waals surface area contributed by atoms with Crippen LogP contribution in [0.25, 0.3) is 5.69 Å². The van der Waals surface area contributed by atoms with Gasteiger partial charge in [0, 0.05) is 12.4 Å². The Balaban J connectivity index is 1.74. The zero-order chi connectivity index (χ0) is 16.3. The van der Waals surface area contributed by atoms with Crippen LogP contribution >= 0.6 is 0 Å². The second kappa shape index (κ2) is 6.23. The van der Waals surface area contributed by atoms with E-state index >= 15 is 0 Å². The zero-order valence-corrected chi connectivity index (χ0v) is 12.6. The molecule has 2 aromatic heterocycles. The van der Waals surface area contributed by atoms with E-state index in [1.807, 2.05) is 0 Å². The fourth-order valence-electron chi connectivity index (χ4n) is 1.91. The molecule has 0 amide bonds. The molecule has 0 fully saturated rings. The van der Waals surface area contributed by atoms with Crippen molar-refractivity contribution in [2.45, 2.75) is 11.4 Å². The number of hydrogen-bond acceptors (Lipinski definition) is 5. The SMILES string of the molecule is O=S(=O)(NCc1cn(-c2ccncc2)nn1)c1ccccc1F. The molecule has 3 aromatic rings. The van der Waals surface area contributed by atoms with E-state index in [4.69, 9.17) is 0 Å². The van der Waals surface area contributed by atoms with Gasteiger partial charge in [-0.1, -0.05) is 17.3 Å². The van der Waals surface area contributed by atoms with Gasteiger partial charge in [-0.2, -0.15) is 0 Å². The van der Waals surface area contributed by atoms with Crippen molar-refractivity contribution in [1.82, 2.24) is 24.7 Å². The molecule has 9 heteroatoms. The summed E-state index contributed by atoms with van der Waals surface area (Å²) in [7, 11) is -3.96. The van der Waals surface area contributed by atoms with Crippen LogP contribution < -0.4 is 4.72 Å². The van der Waals surface area contributed by atoms with Crippen LogP contribution in [0, 0.1) is 5.82 Å². The third-order valence-electron chi connectivity index (χ3n) is 3.04. The Hall–Kier alpha value is -2.65. The van der Waals surface area contributed by atoms with E-state index in [1.165, 1.54) is 22.9 Å². The first-order valence-electron chi connectivity index (χ1n) is 6.62. The molecule has 0 radical (unpaired) electrons. The Morgan fingerprint density at radius 1 is 1.13 bits per heavy atom. The number of pyridine rings is 1. The van der Waals surface area contributed by atoms with Gasteiger partial charge in [-0.05, 0) is 24.3 Å². The van der Waals surface area contributed by atoms with Gasteiger partial charge < -0.3 is 0 Å². The molecular weight excluding hydrogens is 321 g/mol. The molecule has 3 rings (SSSR count). The van der Waals surface area contributed by atoms with Crippen LogP contribution in [0.3, 0.4) is 0 Å². The summed E-state index contributed by atoms with van der Waals surface area (Å²) in [4.78, 5) is 3.50. The van der Waals surface area contributed by atoms with Gasteiger partial charge in [-0.3, -0.25) is 4.98 Å². The number of benzene rings is 1. The summed E-state index contributed by atoms with van der Waals surface area (Å²) in [6, 6.07) is 8.65. The minimum Gasteiger partial charge on any atom is -0.265 e. The highest BCUT2D eigenvalue weighted by Gasteiger charge is 2.18. The summed E-state index contributed by atoms with van der Waals surface area (Å²) < 4.78 is 41.6. The van der Waals surface area contributed by atoms with E-state index in [0.29, 0.717) is 5.69 Å². The Bertz CT molecular complexity index is 912. The highest BCUT2D eigenvalue weighted by molar-refractivity contribution is 7.89. The molecule has 0 spiro atoms. The average molecular weight is 333 g/mol. The number of halogens is 1. The number of aromatic nitrogens is 4. The number of hydrogen-bond donors (Lipinski definition) is 1. The number of rotatable bonds is 5. The normalized spacial score (nSPS) is 11.5. The summed E-state index contributed by atoms with van der Waals surface area (Å²) in [5, 5.41) is 7.79. The molecule has 23 heavy (non-hydrogen) atoms. The molecule has 0 bridgehead atoms. The van der Waals surface area contributed by atoms with Crippen LogP contribution in [-0.4, -0.2) is 28.4 Å².